The zero-order valence-electron chi connectivity index (χ0n) is 15.5. The van der Waals surface area contributed by atoms with Crippen molar-refractivity contribution in [2.24, 2.45) is 0 Å². The molecule has 1 atom stereocenters. The summed E-state index contributed by atoms with van der Waals surface area (Å²) in [4.78, 5) is 36.6. The van der Waals surface area contributed by atoms with E-state index in [9.17, 15) is 24.8 Å². The zero-order chi connectivity index (χ0) is 21.4. The number of aryl methyl sites for hydroxylation is 1. The van der Waals surface area contributed by atoms with E-state index in [0.717, 1.165) is 40.4 Å². The van der Waals surface area contributed by atoms with Crippen molar-refractivity contribution in [3.63, 3.8) is 0 Å². The van der Waals surface area contributed by atoms with Crippen LogP contribution in [0, 0.1) is 17.0 Å². The zero-order valence-corrected chi connectivity index (χ0v) is 16.3. The highest BCUT2D eigenvalue weighted by atomic mass is 32.2. The highest BCUT2D eigenvalue weighted by molar-refractivity contribution is 8.00. The first-order valence-corrected chi connectivity index (χ1v) is 9.63. The highest BCUT2D eigenvalue weighted by Gasteiger charge is 2.41. The number of thioether (sulfide) groups is 1. The number of aromatic hydroxyl groups is 1. The summed E-state index contributed by atoms with van der Waals surface area (Å²) in [5.74, 6) is -1.13. The summed E-state index contributed by atoms with van der Waals surface area (Å²) in [7, 11) is 0. The molecule has 4 rings (SSSR count). The summed E-state index contributed by atoms with van der Waals surface area (Å²) in [5, 5.41) is 27.8. The molecule has 10 nitrogen and oxygen atoms in total. The molecule has 0 aliphatic carbocycles. The fourth-order valence-electron chi connectivity index (χ4n) is 2.96. The summed E-state index contributed by atoms with van der Waals surface area (Å²) in [6, 6.07) is 10.4. The first-order valence-electron chi connectivity index (χ1n) is 8.75. The van der Waals surface area contributed by atoms with Crippen molar-refractivity contribution < 1.29 is 24.0 Å². The van der Waals surface area contributed by atoms with Crippen molar-refractivity contribution in [3.8, 4) is 17.2 Å². The number of aromatic nitrogens is 2. The third kappa shape index (κ3) is 3.62. The Morgan fingerprint density at radius 1 is 1.20 bits per heavy atom. The SMILES string of the molecule is Cc1ccc(N2C(=O)CC(Sc3nnc(-c4cc([N+](=O)[O-])ccc4O)o3)C2=O)cc1. The molecule has 152 valence electrons. The van der Waals surface area contributed by atoms with Crippen molar-refractivity contribution in [1.82, 2.24) is 10.2 Å². The number of imide groups is 1. The van der Waals surface area contributed by atoms with E-state index in [2.05, 4.69) is 10.2 Å². The maximum absolute atomic E-state index is 12.7. The van der Waals surface area contributed by atoms with Gasteiger partial charge in [-0.3, -0.25) is 19.7 Å². The summed E-state index contributed by atoms with van der Waals surface area (Å²) in [6.07, 6.45) is -0.0306. The predicted molar refractivity (Wildman–Crippen MR) is 106 cm³/mol. The molecule has 0 saturated carbocycles. The topological polar surface area (TPSA) is 140 Å². The van der Waals surface area contributed by atoms with E-state index in [-0.39, 0.29) is 40.4 Å². The molecule has 2 aromatic carbocycles. The van der Waals surface area contributed by atoms with E-state index < -0.39 is 16.1 Å². The number of phenols is 1. The van der Waals surface area contributed by atoms with Crippen molar-refractivity contribution in [2.75, 3.05) is 4.90 Å². The summed E-state index contributed by atoms with van der Waals surface area (Å²) >= 11 is 0.929. The van der Waals surface area contributed by atoms with Gasteiger partial charge in [-0.1, -0.05) is 29.5 Å². The number of nitrogens with zero attached hydrogens (tertiary/aromatic N) is 4. The molecule has 1 unspecified atom stereocenters. The minimum absolute atomic E-state index is 0.00124. The largest absolute Gasteiger partial charge is 0.507 e. The second kappa shape index (κ2) is 7.59. The molecule has 1 N–H and O–H groups in total. The van der Waals surface area contributed by atoms with Crippen LogP contribution < -0.4 is 4.90 Å². The van der Waals surface area contributed by atoms with Crippen LogP contribution in [0.3, 0.4) is 0 Å². The summed E-state index contributed by atoms with van der Waals surface area (Å²) in [5.41, 5.74) is 1.25. The third-order valence-corrected chi connectivity index (χ3v) is 5.49. The molecule has 30 heavy (non-hydrogen) atoms. The molecule has 2 amide bonds. The molecule has 0 spiro atoms. The molecule has 3 aromatic rings. The Hall–Kier alpha value is -3.73. The van der Waals surface area contributed by atoms with E-state index in [4.69, 9.17) is 4.42 Å². The Bertz CT molecular complexity index is 1160. The predicted octanol–water partition coefficient (Wildman–Crippen LogP) is 3.08. The van der Waals surface area contributed by atoms with Gasteiger partial charge < -0.3 is 9.52 Å². The standard InChI is InChI=1S/C19H14N4O6S/c1-10-2-4-11(5-3-10)22-16(25)9-15(18(22)26)30-19-21-20-17(29-19)13-8-12(23(27)28)6-7-14(13)24/h2-8,15,24H,9H2,1H3. The van der Waals surface area contributed by atoms with Gasteiger partial charge in [0.25, 0.3) is 16.8 Å². The molecule has 1 aliphatic rings. The maximum atomic E-state index is 12.7. The monoisotopic (exact) mass is 426 g/mol. The third-order valence-electron chi connectivity index (χ3n) is 4.47. The van der Waals surface area contributed by atoms with Gasteiger partial charge in [-0.05, 0) is 25.1 Å². The first kappa shape index (κ1) is 19.6. The van der Waals surface area contributed by atoms with E-state index in [1.54, 1.807) is 12.1 Å². The lowest BCUT2D eigenvalue weighted by atomic mass is 10.2. The van der Waals surface area contributed by atoms with Gasteiger partial charge in [0.1, 0.15) is 11.0 Å². The van der Waals surface area contributed by atoms with Crippen molar-refractivity contribution in [1.29, 1.82) is 0 Å². The molecular weight excluding hydrogens is 412 g/mol. The Kier molecular flexibility index (Phi) is 4.96. The number of nitro groups is 1. The van der Waals surface area contributed by atoms with Gasteiger partial charge in [-0.2, -0.15) is 0 Å². The van der Waals surface area contributed by atoms with Gasteiger partial charge in [-0.15, -0.1) is 10.2 Å². The summed E-state index contributed by atoms with van der Waals surface area (Å²) < 4.78 is 5.46. The maximum Gasteiger partial charge on any atom is 0.277 e. The van der Waals surface area contributed by atoms with Crippen LogP contribution in [0.5, 0.6) is 5.75 Å². The second-order valence-corrected chi connectivity index (χ2v) is 7.70. The average molecular weight is 426 g/mol. The van der Waals surface area contributed by atoms with E-state index in [0.29, 0.717) is 5.69 Å². The number of hydrogen-bond acceptors (Lipinski definition) is 9. The lowest BCUT2D eigenvalue weighted by Crippen LogP contribution is -2.31. The molecule has 2 heterocycles. The normalized spacial score (nSPS) is 16.3. The number of hydrogen-bond donors (Lipinski definition) is 1. The van der Waals surface area contributed by atoms with Crippen LogP contribution >= 0.6 is 11.8 Å². The van der Waals surface area contributed by atoms with Crippen LogP contribution in [0.1, 0.15) is 12.0 Å². The molecule has 1 saturated heterocycles. The number of nitro benzene ring substituents is 1. The van der Waals surface area contributed by atoms with Gasteiger partial charge in [0.2, 0.25) is 11.8 Å². The number of carbonyl (C=O) groups is 2. The van der Waals surface area contributed by atoms with Crippen LogP contribution in [0.25, 0.3) is 11.5 Å². The molecule has 0 radical (unpaired) electrons. The lowest BCUT2D eigenvalue weighted by molar-refractivity contribution is -0.384. The van der Waals surface area contributed by atoms with Crippen molar-refractivity contribution >= 4 is 35.0 Å². The van der Waals surface area contributed by atoms with E-state index in [1.807, 2.05) is 19.1 Å². The number of benzene rings is 2. The van der Waals surface area contributed by atoms with Gasteiger partial charge in [-0.25, -0.2) is 4.90 Å². The number of carbonyl (C=O) groups excluding carboxylic acids is 2. The van der Waals surface area contributed by atoms with Gasteiger partial charge >= 0.3 is 0 Å². The molecule has 11 heteroatoms. The molecule has 1 aromatic heterocycles. The van der Waals surface area contributed by atoms with Crippen molar-refractivity contribution in [3.05, 3.63) is 58.1 Å². The van der Waals surface area contributed by atoms with Crippen molar-refractivity contribution in [2.45, 2.75) is 23.8 Å². The molecule has 1 fully saturated rings. The number of amides is 2. The van der Waals surface area contributed by atoms with Crippen LogP contribution in [0.15, 0.2) is 52.1 Å². The van der Waals surface area contributed by atoms with Gasteiger partial charge in [0.15, 0.2) is 0 Å². The first-order chi connectivity index (χ1) is 14.3. The van der Waals surface area contributed by atoms with Crippen LogP contribution in [-0.2, 0) is 9.59 Å². The summed E-state index contributed by atoms with van der Waals surface area (Å²) in [6.45, 7) is 1.91. The average Bonchev–Trinajstić information content (AvgIpc) is 3.27. The Balaban J connectivity index is 1.54. The fourth-order valence-corrected chi connectivity index (χ4v) is 3.85. The molecule has 1 aliphatic heterocycles. The van der Waals surface area contributed by atoms with Gasteiger partial charge in [0.05, 0.1) is 16.2 Å². The van der Waals surface area contributed by atoms with Crippen LogP contribution in [0.4, 0.5) is 11.4 Å². The number of anilines is 1. The molecular formula is C19H14N4O6S. The minimum Gasteiger partial charge on any atom is -0.507 e. The number of phenolic OH excluding ortho intramolecular Hbond substituents is 1. The van der Waals surface area contributed by atoms with Gasteiger partial charge in [0, 0.05) is 18.6 Å². The lowest BCUT2D eigenvalue weighted by Gasteiger charge is -2.14. The Morgan fingerprint density at radius 2 is 1.93 bits per heavy atom. The highest BCUT2D eigenvalue weighted by Crippen LogP contribution is 2.36. The minimum atomic E-state index is -0.745. The smallest absolute Gasteiger partial charge is 0.277 e. The Morgan fingerprint density at radius 3 is 2.63 bits per heavy atom. The van der Waals surface area contributed by atoms with Crippen LogP contribution in [-0.4, -0.2) is 37.3 Å². The van der Waals surface area contributed by atoms with E-state index >= 15 is 0 Å². The molecule has 0 bridgehead atoms. The number of rotatable bonds is 5. The van der Waals surface area contributed by atoms with E-state index in [1.165, 1.54) is 0 Å². The second-order valence-electron chi connectivity index (χ2n) is 6.55. The Labute approximate surface area is 173 Å². The quantitative estimate of drug-likeness (QED) is 0.370. The fraction of sp³-hybridized carbons (Fsp3) is 0.158. The van der Waals surface area contributed by atoms with Crippen LogP contribution in [0.2, 0.25) is 0 Å². The number of non-ortho nitro benzene ring substituents is 1.